The Hall–Kier alpha value is -3.80. The molecular weight excluding hydrogens is 547 g/mol. The lowest BCUT2D eigenvalue weighted by Gasteiger charge is -2.26. The molecular formula is C27H37N8O5P. The quantitative estimate of drug-likeness (QED) is 0.182. The van der Waals surface area contributed by atoms with Gasteiger partial charge in [0, 0.05) is 5.69 Å². The highest BCUT2D eigenvalue weighted by molar-refractivity contribution is 7.57. The molecule has 41 heavy (non-hydrogen) atoms. The van der Waals surface area contributed by atoms with Gasteiger partial charge in [-0.15, -0.1) is 0 Å². The Morgan fingerprint density at radius 3 is 2.54 bits per heavy atom. The van der Waals surface area contributed by atoms with Crippen LogP contribution in [-0.2, 0) is 25.4 Å². The first kappa shape index (κ1) is 30.2. The van der Waals surface area contributed by atoms with Gasteiger partial charge in [-0.1, -0.05) is 6.07 Å². The molecule has 220 valence electrons. The Labute approximate surface area is 238 Å². The fourth-order valence-electron chi connectivity index (χ4n) is 4.26. The maximum absolute atomic E-state index is 14.4. The van der Waals surface area contributed by atoms with Gasteiger partial charge in [0.2, 0.25) is 0 Å². The molecule has 13 nitrogen and oxygen atoms in total. The van der Waals surface area contributed by atoms with Crippen molar-refractivity contribution in [2.75, 3.05) is 12.1 Å². The van der Waals surface area contributed by atoms with E-state index in [1.54, 1.807) is 42.4 Å². The number of nitrogen functional groups attached to an aromatic ring is 1. The molecule has 0 saturated heterocycles. The van der Waals surface area contributed by atoms with E-state index in [0.717, 1.165) is 17.0 Å². The van der Waals surface area contributed by atoms with Crippen LogP contribution >= 0.6 is 7.52 Å². The van der Waals surface area contributed by atoms with E-state index in [1.807, 2.05) is 45.9 Å². The van der Waals surface area contributed by atoms with E-state index in [0.29, 0.717) is 29.1 Å². The fraction of sp³-hybridized carbons (Fsp3) is 0.444. The summed E-state index contributed by atoms with van der Waals surface area (Å²) in [6.07, 6.45) is 1.87. The molecule has 0 saturated carbocycles. The molecule has 14 heteroatoms. The van der Waals surface area contributed by atoms with Crippen LogP contribution in [0.4, 0.5) is 5.82 Å². The van der Waals surface area contributed by atoms with Crippen molar-refractivity contribution in [1.82, 2.24) is 34.4 Å². The smallest absolute Gasteiger partial charge is 0.342 e. The van der Waals surface area contributed by atoms with Gasteiger partial charge in [0.25, 0.3) is 0 Å². The third-order valence-electron chi connectivity index (χ3n) is 6.11. The maximum Gasteiger partial charge on any atom is 0.342 e. The van der Waals surface area contributed by atoms with Crippen LogP contribution in [0.2, 0.25) is 0 Å². The van der Waals surface area contributed by atoms with Crippen molar-refractivity contribution in [2.45, 2.75) is 73.3 Å². The van der Waals surface area contributed by atoms with E-state index in [2.05, 4.69) is 25.1 Å². The summed E-state index contributed by atoms with van der Waals surface area (Å²) < 4.78 is 35.5. The molecule has 0 aliphatic heterocycles. The number of carbonyl (C=O) groups excluding carboxylic acids is 1. The topological polar surface area (TPSA) is 161 Å². The first-order chi connectivity index (χ1) is 19.3. The van der Waals surface area contributed by atoms with Crippen molar-refractivity contribution in [3.63, 3.8) is 0 Å². The van der Waals surface area contributed by atoms with Crippen molar-refractivity contribution in [1.29, 1.82) is 0 Å². The monoisotopic (exact) mass is 584 g/mol. The van der Waals surface area contributed by atoms with Crippen molar-refractivity contribution in [3.8, 4) is 11.4 Å². The lowest BCUT2D eigenvalue weighted by atomic mass is 10.2. The number of rotatable bonds is 12. The zero-order chi connectivity index (χ0) is 29.9. The number of fused-ring (bicyclic) bond motifs is 1. The SMILES string of the molecule is Cc1ccc(-n2nc(C)cc2C)c(OP(=O)(CO[C@H](C)Cn2cnc3c(N)ncnc32)N[C@@H](C)C(=O)OC(C)C)c1. The molecule has 0 radical (unpaired) electrons. The van der Waals surface area contributed by atoms with E-state index in [-0.39, 0.29) is 18.3 Å². The first-order valence-corrected chi connectivity index (χ1v) is 15.1. The van der Waals surface area contributed by atoms with Crippen LogP contribution in [0.1, 0.15) is 44.6 Å². The Morgan fingerprint density at radius 2 is 1.85 bits per heavy atom. The fourth-order valence-corrected chi connectivity index (χ4v) is 6.05. The molecule has 1 aromatic carbocycles. The molecule has 0 amide bonds. The molecule has 3 heterocycles. The summed E-state index contributed by atoms with van der Waals surface area (Å²) in [5.41, 5.74) is 10.2. The Kier molecular flexibility index (Phi) is 9.11. The van der Waals surface area contributed by atoms with Gasteiger partial charge in [0.05, 0.1) is 30.8 Å². The standard InChI is InChI=1S/C27H37N8O5P/c1-16(2)39-27(36)21(7)33-41(37,15-38-20(6)12-34-14-31-24-25(28)29-13-30-26(24)34)40-23-10-17(3)8-9-22(23)35-19(5)11-18(4)32-35/h8-11,13-14,16,20-21H,12,15H2,1-7H3,(H,33,37)(H2,28,29,30)/t20-,21+,41?/m1/s1. The van der Waals surface area contributed by atoms with Crippen LogP contribution in [-0.4, -0.2) is 59.9 Å². The zero-order valence-corrected chi connectivity index (χ0v) is 25.3. The summed E-state index contributed by atoms with van der Waals surface area (Å²) in [7, 11) is -3.85. The number of imidazole rings is 1. The Balaban J connectivity index is 1.60. The molecule has 3 aromatic heterocycles. The molecule has 0 fully saturated rings. The van der Waals surface area contributed by atoms with Gasteiger partial charge in [0.1, 0.15) is 29.9 Å². The predicted octanol–water partition coefficient (Wildman–Crippen LogP) is 4.08. The third kappa shape index (κ3) is 7.29. The molecule has 0 aliphatic carbocycles. The highest BCUT2D eigenvalue weighted by Crippen LogP contribution is 2.46. The maximum atomic E-state index is 14.4. The van der Waals surface area contributed by atoms with E-state index >= 15 is 0 Å². The second-order valence-corrected chi connectivity index (χ2v) is 12.4. The van der Waals surface area contributed by atoms with Crippen LogP contribution in [0.3, 0.4) is 0 Å². The molecule has 1 unspecified atom stereocenters. The summed E-state index contributed by atoms with van der Waals surface area (Å²) in [6.45, 7) is 13.0. The number of aryl methyl sites for hydroxylation is 3. The van der Waals surface area contributed by atoms with Crippen molar-refractivity contribution in [2.24, 2.45) is 0 Å². The molecule has 4 aromatic rings. The number of nitrogens with one attached hydrogen (secondary N) is 1. The summed E-state index contributed by atoms with van der Waals surface area (Å²) in [5, 5.41) is 7.43. The summed E-state index contributed by atoms with van der Waals surface area (Å²) in [5.74, 6) is 0.0609. The van der Waals surface area contributed by atoms with Crippen LogP contribution in [0.15, 0.2) is 36.9 Å². The van der Waals surface area contributed by atoms with Crippen LogP contribution in [0.25, 0.3) is 16.9 Å². The largest absolute Gasteiger partial charge is 0.462 e. The highest BCUT2D eigenvalue weighted by Gasteiger charge is 2.33. The third-order valence-corrected chi connectivity index (χ3v) is 7.87. The lowest BCUT2D eigenvalue weighted by Crippen LogP contribution is -2.37. The average molecular weight is 585 g/mol. The predicted molar refractivity (Wildman–Crippen MR) is 155 cm³/mol. The van der Waals surface area contributed by atoms with E-state index in [1.165, 1.54) is 6.33 Å². The number of anilines is 1. The number of carbonyl (C=O) groups is 1. The average Bonchev–Trinajstić information content (AvgIpc) is 3.45. The zero-order valence-electron chi connectivity index (χ0n) is 24.4. The number of esters is 1. The number of ether oxygens (including phenoxy) is 2. The minimum atomic E-state index is -3.85. The number of hydrogen-bond donors (Lipinski definition) is 2. The van der Waals surface area contributed by atoms with Crippen molar-refractivity contribution < 1.29 is 23.4 Å². The van der Waals surface area contributed by atoms with Gasteiger partial charge >= 0.3 is 13.5 Å². The first-order valence-electron chi connectivity index (χ1n) is 13.3. The lowest BCUT2D eigenvalue weighted by molar-refractivity contribution is -0.149. The number of benzene rings is 1. The summed E-state index contributed by atoms with van der Waals surface area (Å²) in [6, 6.07) is 6.56. The van der Waals surface area contributed by atoms with Gasteiger partial charge in [-0.3, -0.25) is 9.36 Å². The molecule has 0 spiro atoms. The number of aromatic nitrogens is 6. The Morgan fingerprint density at radius 1 is 1.10 bits per heavy atom. The highest BCUT2D eigenvalue weighted by atomic mass is 31.2. The van der Waals surface area contributed by atoms with E-state index < -0.39 is 25.6 Å². The summed E-state index contributed by atoms with van der Waals surface area (Å²) >= 11 is 0. The normalized spacial score (nSPS) is 14.6. The molecule has 4 rings (SSSR count). The molecule has 3 N–H and O–H groups in total. The van der Waals surface area contributed by atoms with E-state index in [9.17, 15) is 9.36 Å². The summed E-state index contributed by atoms with van der Waals surface area (Å²) in [4.78, 5) is 25.1. The van der Waals surface area contributed by atoms with Crippen molar-refractivity contribution >= 4 is 30.5 Å². The second-order valence-electron chi connectivity index (χ2n) is 10.3. The van der Waals surface area contributed by atoms with Gasteiger partial charge in [0.15, 0.2) is 17.2 Å². The molecule has 0 bridgehead atoms. The Bertz CT molecular complexity index is 1580. The number of hydrogen-bond acceptors (Lipinski definition) is 10. The minimum absolute atomic E-state index is 0.281. The number of nitrogens with two attached hydrogens (primary N) is 1. The van der Waals surface area contributed by atoms with Crippen LogP contribution in [0, 0.1) is 20.8 Å². The molecule has 0 aliphatic rings. The van der Waals surface area contributed by atoms with Gasteiger partial charge < -0.3 is 24.3 Å². The van der Waals surface area contributed by atoms with Crippen LogP contribution < -0.4 is 15.3 Å². The van der Waals surface area contributed by atoms with Crippen LogP contribution in [0.5, 0.6) is 5.75 Å². The van der Waals surface area contributed by atoms with Gasteiger partial charge in [-0.05, 0) is 72.2 Å². The van der Waals surface area contributed by atoms with Crippen molar-refractivity contribution in [3.05, 3.63) is 53.9 Å². The second kappa shape index (κ2) is 12.4. The number of nitrogens with zero attached hydrogens (tertiary/aromatic N) is 6. The van der Waals surface area contributed by atoms with Gasteiger partial charge in [-0.25, -0.2) is 24.7 Å². The minimum Gasteiger partial charge on any atom is -0.462 e. The van der Waals surface area contributed by atoms with E-state index in [4.69, 9.17) is 19.7 Å². The van der Waals surface area contributed by atoms with Gasteiger partial charge in [-0.2, -0.15) is 5.10 Å². The molecule has 3 atom stereocenters.